The number of likely N-dealkylation sites (tertiary alicyclic amines) is 1. The molecule has 4 heteroatoms. The molecule has 0 aromatic rings. The lowest BCUT2D eigenvalue weighted by Gasteiger charge is -2.32. The molecule has 0 radical (unpaired) electrons. The van der Waals surface area contributed by atoms with Gasteiger partial charge in [0, 0.05) is 17.8 Å². The largest absolute Gasteiger partial charge is 0.370 e. The number of hydrogen-bond donors (Lipinski definition) is 1. The van der Waals surface area contributed by atoms with Crippen LogP contribution in [0.1, 0.15) is 33.6 Å². The molecule has 1 unspecified atom stereocenters. The van der Waals surface area contributed by atoms with E-state index in [1.165, 1.54) is 12.8 Å². The fraction of sp³-hybridized carbons (Fsp3) is 0.917. The number of nitrogens with zero attached hydrogens (tertiary/aromatic N) is 2. The second kappa shape index (κ2) is 5.80. The maximum atomic E-state index is 6.04. The summed E-state index contributed by atoms with van der Waals surface area (Å²) in [4.78, 5) is 6.75. The minimum Gasteiger partial charge on any atom is -0.370 e. The lowest BCUT2D eigenvalue weighted by atomic mass is 10.0. The third kappa shape index (κ3) is 4.24. The Bertz CT molecular complexity index is 251. The van der Waals surface area contributed by atoms with E-state index in [0.29, 0.717) is 0 Å². The topological polar surface area (TPSA) is 41.6 Å². The normalized spacial score (nSPS) is 23.6. The highest BCUT2D eigenvalue weighted by molar-refractivity contribution is 7.99. The van der Waals surface area contributed by atoms with Crippen LogP contribution in [0.4, 0.5) is 0 Å². The summed E-state index contributed by atoms with van der Waals surface area (Å²) in [5.41, 5.74) is 6.04. The van der Waals surface area contributed by atoms with Gasteiger partial charge in [-0.1, -0.05) is 6.92 Å². The van der Waals surface area contributed by atoms with Crippen molar-refractivity contribution in [1.29, 1.82) is 0 Å². The van der Waals surface area contributed by atoms with Crippen LogP contribution < -0.4 is 5.73 Å². The number of nitrogens with two attached hydrogens (primary N) is 1. The monoisotopic (exact) mass is 243 g/mol. The quantitative estimate of drug-likeness (QED) is 0.610. The Morgan fingerprint density at radius 2 is 2.25 bits per heavy atom. The highest BCUT2D eigenvalue weighted by atomic mass is 32.2. The van der Waals surface area contributed by atoms with E-state index in [-0.39, 0.29) is 4.75 Å². The first-order valence-corrected chi connectivity index (χ1v) is 7.27. The summed E-state index contributed by atoms with van der Waals surface area (Å²) in [6.07, 6.45) is 4.68. The van der Waals surface area contributed by atoms with Crippen molar-refractivity contribution in [3.8, 4) is 0 Å². The highest BCUT2D eigenvalue weighted by Gasteiger charge is 2.19. The van der Waals surface area contributed by atoms with Gasteiger partial charge in [-0.05, 0) is 38.9 Å². The first kappa shape index (κ1) is 13.7. The van der Waals surface area contributed by atoms with E-state index in [4.69, 9.17) is 5.73 Å². The van der Waals surface area contributed by atoms with E-state index in [1.54, 1.807) is 0 Å². The summed E-state index contributed by atoms with van der Waals surface area (Å²) >= 11 is 1.84. The Balaban J connectivity index is 2.49. The van der Waals surface area contributed by atoms with Crippen molar-refractivity contribution >= 4 is 17.7 Å². The summed E-state index contributed by atoms with van der Waals surface area (Å²) in [6, 6.07) is 0. The van der Waals surface area contributed by atoms with E-state index < -0.39 is 0 Å². The van der Waals surface area contributed by atoms with Crippen molar-refractivity contribution in [3.05, 3.63) is 0 Å². The van der Waals surface area contributed by atoms with Gasteiger partial charge < -0.3 is 10.6 Å². The predicted molar refractivity (Wildman–Crippen MR) is 74.1 cm³/mol. The van der Waals surface area contributed by atoms with Crippen LogP contribution in [-0.4, -0.2) is 41.5 Å². The first-order valence-electron chi connectivity index (χ1n) is 6.04. The van der Waals surface area contributed by atoms with Gasteiger partial charge in [-0.25, -0.2) is 0 Å². The molecule has 0 spiro atoms. The van der Waals surface area contributed by atoms with E-state index in [0.717, 1.165) is 31.5 Å². The molecule has 1 heterocycles. The molecule has 94 valence electrons. The number of thioether (sulfide) groups is 1. The fourth-order valence-electron chi connectivity index (χ4n) is 1.83. The lowest BCUT2D eigenvalue weighted by molar-refractivity contribution is 0.270. The predicted octanol–water partition coefficient (Wildman–Crippen LogP) is 2.17. The van der Waals surface area contributed by atoms with Gasteiger partial charge in [0.05, 0.1) is 6.54 Å². The van der Waals surface area contributed by atoms with E-state index in [9.17, 15) is 0 Å². The van der Waals surface area contributed by atoms with Crippen LogP contribution in [0.5, 0.6) is 0 Å². The van der Waals surface area contributed by atoms with Crippen molar-refractivity contribution in [2.24, 2.45) is 16.6 Å². The van der Waals surface area contributed by atoms with Crippen LogP contribution in [0.15, 0.2) is 4.99 Å². The van der Waals surface area contributed by atoms with Crippen molar-refractivity contribution in [2.45, 2.75) is 38.4 Å². The highest BCUT2D eigenvalue weighted by Crippen LogP contribution is 2.21. The maximum absolute atomic E-state index is 6.04. The smallest absolute Gasteiger partial charge is 0.191 e. The average molecular weight is 243 g/mol. The van der Waals surface area contributed by atoms with E-state index in [2.05, 4.69) is 36.9 Å². The molecule has 0 aromatic carbocycles. The Morgan fingerprint density at radius 3 is 2.81 bits per heavy atom. The molecule has 3 nitrogen and oxygen atoms in total. The summed E-state index contributed by atoms with van der Waals surface area (Å²) in [5, 5.41) is 0. The van der Waals surface area contributed by atoms with Gasteiger partial charge in [0.1, 0.15) is 0 Å². The minimum absolute atomic E-state index is 0.187. The van der Waals surface area contributed by atoms with E-state index >= 15 is 0 Å². The molecule has 1 aliphatic heterocycles. The van der Waals surface area contributed by atoms with Gasteiger partial charge in [0.25, 0.3) is 0 Å². The van der Waals surface area contributed by atoms with Crippen LogP contribution in [0.2, 0.25) is 0 Å². The van der Waals surface area contributed by atoms with Gasteiger partial charge in [-0.15, -0.1) is 0 Å². The number of hydrogen-bond acceptors (Lipinski definition) is 2. The summed E-state index contributed by atoms with van der Waals surface area (Å²) in [6.45, 7) is 9.62. The molecule has 1 rings (SSSR count). The molecular weight excluding hydrogens is 218 g/mol. The van der Waals surface area contributed by atoms with Gasteiger partial charge in [-0.3, -0.25) is 4.99 Å². The zero-order valence-corrected chi connectivity index (χ0v) is 11.8. The molecule has 0 aliphatic carbocycles. The molecule has 0 aromatic heterocycles. The van der Waals surface area contributed by atoms with Gasteiger partial charge >= 0.3 is 0 Å². The summed E-state index contributed by atoms with van der Waals surface area (Å²) in [5.74, 6) is 1.48. The molecule has 1 aliphatic rings. The first-order chi connectivity index (χ1) is 7.44. The van der Waals surface area contributed by atoms with Crippen LogP contribution in [-0.2, 0) is 0 Å². The van der Waals surface area contributed by atoms with Crippen LogP contribution in [0, 0.1) is 5.92 Å². The lowest BCUT2D eigenvalue weighted by Crippen LogP contribution is -2.44. The molecule has 1 atom stereocenters. The second-order valence-corrected chi connectivity index (χ2v) is 6.85. The summed E-state index contributed by atoms with van der Waals surface area (Å²) < 4.78 is 0.187. The number of rotatable bonds is 3. The molecule has 16 heavy (non-hydrogen) atoms. The third-order valence-corrected chi connectivity index (χ3v) is 4.39. The number of piperidine rings is 1. The van der Waals surface area contributed by atoms with Crippen molar-refractivity contribution in [2.75, 3.05) is 25.9 Å². The molecule has 0 amide bonds. The Kier molecular flexibility index (Phi) is 4.96. The van der Waals surface area contributed by atoms with Crippen LogP contribution in [0.3, 0.4) is 0 Å². The maximum Gasteiger partial charge on any atom is 0.191 e. The van der Waals surface area contributed by atoms with Gasteiger partial charge in [-0.2, -0.15) is 11.8 Å². The third-order valence-electron chi connectivity index (χ3n) is 3.16. The molecule has 1 saturated heterocycles. The Labute approximate surface area is 104 Å². The molecule has 1 fully saturated rings. The molecule has 0 saturated carbocycles. The molecule has 2 N–H and O–H groups in total. The van der Waals surface area contributed by atoms with Crippen LogP contribution >= 0.6 is 11.8 Å². The molecular formula is C12H25N3S. The summed E-state index contributed by atoms with van der Waals surface area (Å²) in [7, 11) is 0. The fourth-order valence-corrected chi connectivity index (χ4v) is 2.03. The second-order valence-electron chi connectivity index (χ2n) is 5.33. The van der Waals surface area contributed by atoms with Crippen molar-refractivity contribution < 1.29 is 0 Å². The SMILES string of the molecule is CSC(C)(C)CN=C(N)N1CCCC(C)C1. The van der Waals surface area contributed by atoms with Crippen LogP contribution in [0.25, 0.3) is 0 Å². The van der Waals surface area contributed by atoms with Gasteiger partial charge in [0.2, 0.25) is 0 Å². The number of aliphatic imine (C=N–C) groups is 1. The van der Waals surface area contributed by atoms with E-state index in [1.807, 2.05) is 11.8 Å². The van der Waals surface area contributed by atoms with Crippen molar-refractivity contribution in [3.63, 3.8) is 0 Å². The minimum atomic E-state index is 0.187. The number of guanidine groups is 1. The zero-order chi connectivity index (χ0) is 12.2. The Morgan fingerprint density at radius 1 is 1.56 bits per heavy atom. The molecule has 0 bridgehead atoms. The standard InChI is InChI=1S/C12H25N3S/c1-10-6-5-7-15(8-10)11(13)14-9-12(2,3)16-4/h10H,5-9H2,1-4H3,(H2,13,14). The Hall–Kier alpha value is -0.380. The van der Waals surface area contributed by atoms with Gasteiger partial charge in [0.15, 0.2) is 5.96 Å². The van der Waals surface area contributed by atoms with Crippen molar-refractivity contribution in [1.82, 2.24) is 4.90 Å². The zero-order valence-electron chi connectivity index (χ0n) is 11.0. The average Bonchev–Trinajstić information content (AvgIpc) is 2.26.